The molecule has 0 unspecified atom stereocenters. The van der Waals surface area contributed by atoms with Gasteiger partial charge in [-0.05, 0) is 96.4 Å². The molecule has 0 atom stereocenters. The zero-order chi connectivity index (χ0) is 24.6. The maximum absolute atomic E-state index is 12.8. The van der Waals surface area contributed by atoms with E-state index in [-0.39, 0.29) is 17.0 Å². The molecule has 0 amide bonds. The summed E-state index contributed by atoms with van der Waals surface area (Å²) in [5.41, 5.74) is 1.96. The summed E-state index contributed by atoms with van der Waals surface area (Å²) in [6.45, 7) is 17.0. The average Bonchev–Trinajstić information content (AvgIpc) is 2.70. The number of carbonyl (C=O) groups is 1. The molecule has 0 aliphatic heterocycles. The molecule has 0 N–H and O–H groups in total. The summed E-state index contributed by atoms with van der Waals surface area (Å²) in [5, 5.41) is 0. The van der Waals surface area contributed by atoms with Crippen molar-refractivity contribution in [2.45, 2.75) is 85.9 Å². The molecular formula is C29H40O4. The molecule has 0 aliphatic carbocycles. The molecule has 4 heteroatoms. The van der Waals surface area contributed by atoms with Crippen LogP contribution in [0.5, 0.6) is 17.2 Å². The summed E-state index contributed by atoms with van der Waals surface area (Å²) in [4.78, 5) is 12.8. The third-order valence-corrected chi connectivity index (χ3v) is 4.58. The Balaban J connectivity index is 2.40. The Hall–Kier alpha value is -2.75. The largest absolute Gasteiger partial charge is 0.494 e. The molecule has 4 nitrogen and oxygen atoms in total. The van der Waals surface area contributed by atoms with E-state index in [1.165, 1.54) is 0 Å². The minimum atomic E-state index is -0.346. The lowest BCUT2D eigenvalue weighted by Crippen LogP contribution is -2.25. The van der Waals surface area contributed by atoms with Gasteiger partial charge < -0.3 is 14.2 Å². The number of rotatable bonds is 10. The Morgan fingerprint density at radius 2 is 1.48 bits per heavy atom. The molecule has 0 aromatic heterocycles. The maximum atomic E-state index is 12.8. The lowest BCUT2D eigenvalue weighted by molar-refractivity contribution is 0.104. The molecule has 0 saturated heterocycles. The molecule has 0 spiro atoms. The van der Waals surface area contributed by atoms with Crippen molar-refractivity contribution in [3.8, 4) is 17.2 Å². The van der Waals surface area contributed by atoms with E-state index in [4.69, 9.17) is 14.2 Å². The first kappa shape index (κ1) is 26.5. The van der Waals surface area contributed by atoms with Gasteiger partial charge in [0.25, 0.3) is 0 Å². The van der Waals surface area contributed by atoms with Crippen LogP contribution in [0, 0.1) is 0 Å². The molecular weight excluding hydrogens is 412 g/mol. The monoisotopic (exact) mass is 452 g/mol. The van der Waals surface area contributed by atoms with Crippen LogP contribution in [0.3, 0.4) is 0 Å². The first-order valence-corrected chi connectivity index (χ1v) is 11.9. The number of hydrogen-bond acceptors (Lipinski definition) is 4. The second-order valence-corrected chi connectivity index (χ2v) is 10.2. The van der Waals surface area contributed by atoms with Gasteiger partial charge in [0.1, 0.15) is 28.5 Å². The van der Waals surface area contributed by atoms with Gasteiger partial charge in [-0.2, -0.15) is 0 Å². The van der Waals surface area contributed by atoms with Crippen LogP contribution in [-0.4, -0.2) is 23.6 Å². The molecule has 2 aromatic rings. The fraction of sp³-hybridized carbons (Fsp3) is 0.483. The van der Waals surface area contributed by atoms with Crippen LogP contribution in [0.15, 0.2) is 42.5 Å². The van der Waals surface area contributed by atoms with Crippen molar-refractivity contribution < 1.29 is 19.0 Å². The Morgan fingerprint density at radius 1 is 0.848 bits per heavy atom. The number of ether oxygens (including phenoxy) is 3. The standard InChI is InChI=1S/C29H40O4/c1-9-11-25-22(14-17-26(30)21-12-15-23(16-13-21)31-18-10-2)19-24(32-28(3,4)5)20-27(25)33-29(6,7)8/h12-17,19-20H,9-11,18H2,1-8H3/b17-14+. The quantitative estimate of drug-likeness (QED) is 0.274. The lowest BCUT2D eigenvalue weighted by atomic mass is 9.99. The summed E-state index contributed by atoms with van der Waals surface area (Å²) in [6, 6.07) is 11.3. The van der Waals surface area contributed by atoms with Crippen molar-refractivity contribution >= 4 is 11.9 Å². The van der Waals surface area contributed by atoms with Crippen LogP contribution < -0.4 is 14.2 Å². The Labute approximate surface area is 200 Å². The molecule has 2 aromatic carbocycles. The van der Waals surface area contributed by atoms with E-state index >= 15 is 0 Å². The number of carbonyl (C=O) groups excluding carboxylic acids is 1. The summed E-state index contributed by atoms with van der Waals surface area (Å²) in [7, 11) is 0. The highest BCUT2D eigenvalue weighted by Crippen LogP contribution is 2.35. The normalized spacial score (nSPS) is 12.1. The third kappa shape index (κ3) is 8.95. The van der Waals surface area contributed by atoms with Crippen molar-refractivity contribution in [3.05, 3.63) is 59.2 Å². The van der Waals surface area contributed by atoms with E-state index in [2.05, 4.69) is 13.8 Å². The SMILES string of the molecule is CCCOc1ccc(C(=O)/C=C/c2cc(OC(C)(C)C)cc(OC(C)(C)C)c2CCC)cc1. The first-order valence-electron chi connectivity index (χ1n) is 11.9. The van der Waals surface area contributed by atoms with E-state index in [0.717, 1.165) is 47.6 Å². The highest BCUT2D eigenvalue weighted by atomic mass is 16.5. The summed E-state index contributed by atoms with van der Waals surface area (Å²) < 4.78 is 18.1. The first-order chi connectivity index (χ1) is 15.4. The summed E-state index contributed by atoms with van der Waals surface area (Å²) >= 11 is 0. The van der Waals surface area contributed by atoms with Crippen molar-refractivity contribution in [3.63, 3.8) is 0 Å². The molecule has 0 heterocycles. The molecule has 0 fully saturated rings. The minimum absolute atomic E-state index is 0.0556. The molecule has 180 valence electrons. The van der Waals surface area contributed by atoms with Gasteiger partial charge in [0, 0.05) is 17.2 Å². The summed E-state index contributed by atoms with van der Waals surface area (Å²) in [5.74, 6) is 2.25. The zero-order valence-electron chi connectivity index (χ0n) is 21.6. The second kappa shape index (κ2) is 11.4. The topological polar surface area (TPSA) is 44.8 Å². The van der Waals surface area contributed by atoms with Gasteiger partial charge in [-0.1, -0.05) is 26.3 Å². The highest BCUT2D eigenvalue weighted by molar-refractivity contribution is 6.07. The number of ketones is 1. The van der Waals surface area contributed by atoms with Crippen LogP contribution in [0.2, 0.25) is 0 Å². The zero-order valence-corrected chi connectivity index (χ0v) is 21.6. The van der Waals surface area contributed by atoms with Crippen LogP contribution in [0.4, 0.5) is 0 Å². The van der Waals surface area contributed by atoms with Crippen LogP contribution in [0.1, 0.15) is 89.7 Å². The lowest BCUT2D eigenvalue weighted by Gasteiger charge is -2.27. The van der Waals surface area contributed by atoms with Crippen molar-refractivity contribution in [2.75, 3.05) is 6.61 Å². The van der Waals surface area contributed by atoms with E-state index in [1.807, 2.05) is 71.9 Å². The molecule has 0 saturated carbocycles. The Morgan fingerprint density at radius 3 is 2.03 bits per heavy atom. The van der Waals surface area contributed by atoms with Crippen LogP contribution in [-0.2, 0) is 6.42 Å². The van der Waals surface area contributed by atoms with E-state index in [1.54, 1.807) is 18.2 Å². The smallest absolute Gasteiger partial charge is 0.185 e. The highest BCUT2D eigenvalue weighted by Gasteiger charge is 2.20. The third-order valence-electron chi connectivity index (χ3n) is 4.58. The molecule has 0 bridgehead atoms. The number of benzene rings is 2. The fourth-order valence-electron chi connectivity index (χ4n) is 3.34. The van der Waals surface area contributed by atoms with E-state index in [0.29, 0.717) is 12.2 Å². The van der Waals surface area contributed by atoms with Gasteiger partial charge in [0.15, 0.2) is 5.78 Å². The van der Waals surface area contributed by atoms with Gasteiger partial charge in [0.2, 0.25) is 0 Å². The molecule has 33 heavy (non-hydrogen) atoms. The summed E-state index contributed by atoms with van der Waals surface area (Å²) in [6.07, 6.45) is 6.26. The van der Waals surface area contributed by atoms with Gasteiger partial charge in [-0.3, -0.25) is 4.79 Å². The van der Waals surface area contributed by atoms with E-state index in [9.17, 15) is 4.79 Å². The van der Waals surface area contributed by atoms with Gasteiger partial charge >= 0.3 is 0 Å². The van der Waals surface area contributed by atoms with Crippen LogP contribution in [0.25, 0.3) is 6.08 Å². The van der Waals surface area contributed by atoms with Gasteiger partial charge in [-0.15, -0.1) is 0 Å². The number of allylic oxidation sites excluding steroid dienone is 1. The number of hydrogen-bond donors (Lipinski definition) is 0. The predicted octanol–water partition coefficient (Wildman–Crippen LogP) is 7.68. The Kier molecular flexibility index (Phi) is 9.16. The molecule has 0 radical (unpaired) electrons. The van der Waals surface area contributed by atoms with Crippen molar-refractivity contribution in [1.82, 2.24) is 0 Å². The molecule has 2 rings (SSSR count). The predicted molar refractivity (Wildman–Crippen MR) is 137 cm³/mol. The van der Waals surface area contributed by atoms with Gasteiger partial charge in [0.05, 0.1) is 6.61 Å². The Bertz CT molecular complexity index is 941. The van der Waals surface area contributed by atoms with Gasteiger partial charge in [-0.25, -0.2) is 0 Å². The average molecular weight is 453 g/mol. The molecule has 0 aliphatic rings. The maximum Gasteiger partial charge on any atom is 0.185 e. The van der Waals surface area contributed by atoms with Crippen LogP contribution >= 0.6 is 0 Å². The van der Waals surface area contributed by atoms with Crippen molar-refractivity contribution in [2.24, 2.45) is 0 Å². The minimum Gasteiger partial charge on any atom is -0.494 e. The fourth-order valence-corrected chi connectivity index (χ4v) is 3.34. The van der Waals surface area contributed by atoms with Crippen molar-refractivity contribution in [1.29, 1.82) is 0 Å². The van der Waals surface area contributed by atoms with E-state index < -0.39 is 0 Å². The second-order valence-electron chi connectivity index (χ2n) is 10.2.